The molecular formula is C21H31N3O. The van der Waals surface area contributed by atoms with E-state index < -0.39 is 0 Å². The second kappa shape index (κ2) is 6.99. The fraction of sp³-hybridized carbons (Fsp3) is 0.667. The maximum absolute atomic E-state index is 13.0. The number of hydrogen-bond acceptors (Lipinski definition) is 3. The van der Waals surface area contributed by atoms with E-state index in [2.05, 4.69) is 53.2 Å². The quantitative estimate of drug-likeness (QED) is 0.894. The average molecular weight is 341 g/mol. The van der Waals surface area contributed by atoms with Crippen molar-refractivity contribution in [2.24, 2.45) is 5.92 Å². The minimum absolute atomic E-state index is 0.287. The van der Waals surface area contributed by atoms with Crippen molar-refractivity contribution in [1.82, 2.24) is 9.80 Å². The van der Waals surface area contributed by atoms with Crippen molar-refractivity contribution in [3.8, 4) is 0 Å². The summed E-state index contributed by atoms with van der Waals surface area (Å²) in [5.74, 6) is 0.663. The van der Waals surface area contributed by atoms with Gasteiger partial charge in [0.25, 0.3) is 0 Å². The first kappa shape index (κ1) is 16.9. The summed E-state index contributed by atoms with van der Waals surface area (Å²) in [5, 5.41) is 3.64. The van der Waals surface area contributed by atoms with Crippen molar-refractivity contribution in [2.75, 3.05) is 18.4 Å². The highest BCUT2D eigenvalue weighted by Crippen LogP contribution is 2.35. The Kier molecular flexibility index (Phi) is 4.72. The van der Waals surface area contributed by atoms with Gasteiger partial charge in [0, 0.05) is 49.4 Å². The first-order valence-electron chi connectivity index (χ1n) is 10.0. The molecule has 2 aliphatic heterocycles. The summed E-state index contributed by atoms with van der Waals surface area (Å²) in [7, 11) is 0. The second-order valence-electron chi connectivity index (χ2n) is 8.29. The average Bonchev–Trinajstić information content (AvgIpc) is 3.36. The number of hydrogen-bond donors (Lipinski definition) is 1. The van der Waals surface area contributed by atoms with Gasteiger partial charge in [0.15, 0.2) is 0 Å². The number of nitrogens with zero attached hydrogens (tertiary/aromatic N) is 2. The van der Waals surface area contributed by atoms with Crippen molar-refractivity contribution in [2.45, 2.75) is 70.6 Å². The van der Waals surface area contributed by atoms with E-state index in [1.165, 1.54) is 30.5 Å². The minimum atomic E-state index is 0.287. The molecule has 1 saturated carbocycles. The van der Waals surface area contributed by atoms with Crippen LogP contribution in [0.15, 0.2) is 24.3 Å². The SMILES string of the molecule is CC(C)N1[C@H]2CCNc3ccccc3CN(C(=O)C3CC3)C[C@@H]1CC2. The van der Waals surface area contributed by atoms with Crippen LogP contribution in [0.25, 0.3) is 0 Å². The zero-order valence-electron chi connectivity index (χ0n) is 15.6. The van der Waals surface area contributed by atoms with Crippen molar-refractivity contribution in [3.05, 3.63) is 29.8 Å². The van der Waals surface area contributed by atoms with Crippen molar-refractivity contribution in [1.29, 1.82) is 0 Å². The monoisotopic (exact) mass is 341 g/mol. The predicted molar refractivity (Wildman–Crippen MR) is 101 cm³/mol. The minimum Gasteiger partial charge on any atom is -0.385 e. The van der Waals surface area contributed by atoms with Gasteiger partial charge in [-0.1, -0.05) is 18.2 Å². The molecule has 0 aromatic heterocycles. The van der Waals surface area contributed by atoms with E-state index in [0.717, 1.165) is 32.5 Å². The second-order valence-corrected chi connectivity index (χ2v) is 8.29. The molecule has 4 nitrogen and oxygen atoms in total. The van der Waals surface area contributed by atoms with Gasteiger partial charge < -0.3 is 10.2 Å². The lowest BCUT2D eigenvalue weighted by atomic mass is 10.1. The fourth-order valence-corrected chi connectivity index (χ4v) is 4.79. The molecule has 2 fully saturated rings. The molecule has 0 radical (unpaired) electrons. The van der Waals surface area contributed by atoms with Gasteiger partial charge in [0.1, 0.15) is 0 Å². The lowest BCUT2D eigenvalue weighted by Crippen LogP contribution is -2.48. The molecule has 1 amide bonds. The zero-order valence-corrected chi connectivity index (χ0v) is 15.6. The highest BCUT2D eigenvalue weighted by Gasteiger charge is 2.39. The van der Waals surface area contributed by atoms with Crippen LogP contribution in [-0.2, 0) is 11.3 Å². The summed E-state index contributed by atoms with van der Waals surface area (Å²) < 4.78 is 0. The maximum Gasteiger partial charge on any atom is 0.226 e. The highest BCUT2D eigenvalue weighted by atomic mass is 16.2. The van der Waals surface area contributed by atoms with Gasteiger partial charge >= 0.3 is 0 Å². The Balaban J connectivity index is 1.64. The third-order valence-corrected chi connectivity index (χ3v) is 6.11. The molecule has 25 heavy (non-hydrogen) atoms. The lowest BCUT2D eigenvalue weighted by molar-refractivity contribution is -0.134. The van der Waals surface area contributed by atoms with E-state index in [0.29, 0.717) is 24.0 Å². The largest absolute Gasteiger partial charge is 0.385 e. The fourth-order valence-electron chi connectivity index (χ4n) is 4.79. The lowest BCUT2D eigenvalue weighted by Gasteiger charge is -2.36. The van der Waals surface area contributed by atoms with Gasteiger partial charge in [-0.25, -0.2) is 0 Å². The number of carbonyl (C=O) groups excluding carboxylic acids is 1. The van der Waals surface area contributed by atoms with Crippen LogP contribution >= 0.6 is 0 Å². The molecule has 3 aliphatic rings. The van der Waals surface area contributed by atoms with Crippen LogP contribution in [0.1, 0.15) is 51.5 Å². The van der Waals surface area contributed by atoms with E-state index in [1.54, 1.807) is 0 Å². The van der Waals surface area contributed by atoms with E-state index >= 15 is 0 Å². The van der Waals surface area contributed by atoms with Gasteiger partial charge in [-0.15, -0.1) is 0 Å². The molecule has 0 unspecified atom stereocenters. The molecule has 2 heterocycles. The molecule has 1 N–H and O–H groups in total. The molecule has 136 valence electrons. The van der Waals surface area contributed by atoms with Crippen LogP contribution in [0.5, 0.6) is 0 Å². The summed E-state index contributed by atoms with van der Waals surface area (Å²) in [4.78, 5) is 17.8. The summed E-state index contributed by atoms with van der Waals surface area (Å²) in [6.07, 6.45) is 5.82. The van der Waals surface area contributed by atoms with E-state index in [1.807, 2.05) is 0 Å². The first-order chi connectivity index (χ1) is 12.1. The van der Waals surface area contributed by atoms with Crippen LogP contribution < -0.4 is 5.32 Å². The third kappa shape index (κ3) is 3.55. The van der Waals surface area contributed by atoms with Crippen molar-refractivity contribution >= 4 is 11.6 Å². The Morgan fingerprint density at radius 2 is 1.84 bits per heavy atom. The molecule has 0 spiro atoms. The van der Waals surface area contributed by atoms with E-state index in [9.17, 15) is 4.79 Å². The molecule has 2 atom stereocenters. The standard InChI is InChI=1S/C21H31N3O/c1-15(2)24-18-9-10-19(24)14-23(21(25)16-7-8-16)13-17-5-3-4-6-20(17)22-12-11-18/h3-6,15-16,18-19,22H,7-14H2,1-2H3/t18-,19+/m1/s1. The van der Waals surface area contributed by atoms with Gasteiger partial charge in [0.05, 0.1) is 0 Å². The molecule has 1 aliphatic carbocycles. The normalized spacial score (nSPS) is 27.6. The Hall–Kier alpha value is -1.55. The predicted octanol–water partition coefficient (Wildman–Crippen LogP) is 3.48. The molecule has 2 bridgehead atoms. The number of carbonyl (C=O) groups is 1. The van der Waals surface area contributed by atoms with E-state index in [-0.39, 0.29) is 5.92 Å². The number of para-hydroxylation sites is 1. The Bertz CT molecular complexity index is 625. The van der Waals surface area contributed by atoms with Crippen LogP contribution in [0.2, 0.25) is 0 Å². The summed E-state index contributed by atoms with van der Waals surface area (Å²) in [5.41, 5.74) is 2.45. The number of benzene rings is 1. The van der Waals surface area contributed by atoms with Gasteiger partial charge in [-0.05, 0) is 57.6 Å². The van der Waals surface area contributed by atoms with Crippen LogP contribution in [0.3, 0.4) is 0 Å². The molecule has 1 aromatic carbocycles. The third-order valence-electron chi connectivity index (χ3n) is 6.11. The smallest absolute Gasteiger partial charge is 0.226 e. The number of anilines is 1. The zero-order chi connectivity index (χ0) is 17.4. The Morgan fingerprint density at radius 3 is 2.60 bits per heavy atom. The number of nitrogens with one attached hydrogen (secondary N) is 1. The number of amides is 1. The van der Waals surface area contributed by atoms with Gasteiger partial charge in [-0.3, -0.25) is 9.69 Å². The molecular weight excluding hydrogens is 310 g/mol. The van der Waals surface area contributed by atoms with Crippen molar-refractivity contribution in [3.63, 3.8) is 0 Å². The summed E-state index contributed by atoms with van der Waals surface area (Å²) in [6.45, 7) is 7.25. The molecule has 4 rings (SSSR count). The van der Waals surface area contributed by atoms with Gasteiger partial charge in [0.2, 0.25) is 5.91 Å². The first-order valence-corrected chi connectivity index (χ1v) is 10.0. The van der Waals surface area contributed by atoms with Crippen LogP contribution in [0, 0.1) is 5.92 Å². The summed E-state index contributed by atoms with van der Waals surface area (Å²) in [6, 6.07) is 10.2. The molecule has 1 saturated heterocycles. The summed E-state index contributed by atoms with van der Waals surface area (Å²) >= 11 is 0. The molecule has 1 aromatic rings. The van der Waals surface area contributed by atoms with Crippen LogP contribution in [-0.4, -0.2) is 46.9 Å². The van der Waals surface area contributed by atoms with Gasteiger partial charge in [-0.2, -0.15) is 0 Å². The number of rotatable bonds is 2. The van der Waals surface area contributed by atoms with Crippen molar-refractivity contribution < 1.29 is 4.79 Å². The Labute approximate surface area is 151 Å². The maximum atomic E-state index is 13.0. The topological polar surface area (TPSA) is 35.6 Å². The highest BCUT2D eigenvalue weighted by molar-refractivity contribution is 5.81. The van der Waals surface area contributed by atoms with Crippen LogP contribution in [0.4, 0.5) is 5.69 Å². The van der Waals surface area contributed by atoms with E-state index in [4.69, 9.17) is 0 Å². The number of fused-ring (bicyclic) bond motifs is 3. The molecule has 4 heteroatoms. The Morgan fingerprint density at radius 1 is 1.08 bits per heavy atom.